The molecule has 0 bridgehead atoms. The fourth-order valence-corrected chi connectivity index (χ4v) is 2.08. The Balaban J connectivity index is 2.40. The van der Waals surface area contributed by atoms with Crippen LogP contribution in [0, 0.1) is 0 Å². The SMILES string of the molecule is ClCC/C=C(/c1ccccc1)c1ccc(Cl)cc1. The van der Waals surface area contributed by atoms with Gasteiger partial charge in [0.05, 0.1) is 0 Å². The summed E-state index contributed by atoms with van der Waals surface area (Å²) in [6.45, 7) is 0. The molecule has 0 heterocycles. The normalized spacial score (nSPS) is 11.6. The lowest BCUT2D eigenvalue weighted by Gasteiger charge is -2.08. The van der Waals surface area contributed by atoms with Crippen molar-refractivity contribution in [3.8, 4) is 0 Å². The molecule has 0 fully saturated rings. The van der Waals surface area contributed by atoms with Crippen molar-refractivity contribution >= 4 is 28.8 Å². The van der Waals surface area contributed by atoms with Crippen molar-refractivity contribution in [2.45, 2.75) is 6.42 Å². The highest BCUT2D eigenvalue weighted by atomic mass is 35.5. The van der Waals surface area contributed by atoms with Crippen LogP contribution in [0.15, 0.2) is 60.7 Å². The minimum atomic E-state index is 0.629. The first-order valence-corrected chi connectivity index (χ1v) is 6.80. The Morgan fingerprint density at radius 3 is 2.11 bits per heavy atom. The minimum Gasteiger partial charge on any atom is -0.126 e. The van der Waals surface area contributed by atoms with Gasteiger partial charge in [-0.25, -0.2) is 0 Å². The van der Waals surface area contributed by atoms with Gasteiger partial charge in [-0.2, -0.15) is 0 Å². The number of benzene rings is 2. The van der Waals surface area contributed by atoms with Crippen LogP contribution in [0.3, 0.4) is 0 Å². The van der Waals surface area contributed by atoms with Crippen LogP contribution in [-0.2, 0) is 0 Å². The molecule has 0 aromatic heterocycles. The second-order valence-corrected chi connectivity index (χ2v) is 4.78. The third kappa shape index (κ3) is 3.38. The molecule has 0 amide bonds. The number of hydrogen-bond acceptors (Lipinski definition) is 0. The molecule has 2 rings (SSSR count). The van der Waals surface area contributed by atoms with Crippen LogP contribution in [0.1, 0.15) is 17.5 Å². The average molecular weight is 277 g/mol. The second-order valence-electron chi connectivity index (χ2n) is 3.97. The first-order valence-electron chi connectivity index (χ1n) is 5.89. The molecular formula is C16H14Cl2. The summed E-state index contributed by atoms with van der Waals surface area (Å²) < 4.78 is 0. The smallest absolute Gasteiger partial charge is 0.0406 e. The summed E-state index contributed by atoms with van der Waals surface area (Å²) in [5.41, 5.74) is 3.56. The van der Waals surface area contributed by atoms with E-state index in [2.05, 4.69) is 18.2 Å². The van der Waals surface area contributed by atoms with Crippen LogP contribution in [0.2, 0.25) is 5.02 Å². The molecule has 0 saturated carbocycles. The fraction of sp³-hybridized carbons (Fsp3) is 0.125. The molecule has 0 aliphatic heterocycles. The fourth-order valence-electron chi connectivity index (χ4n) is 1.85. The summed E-state index contributed by atoms with van der Waals surface area (Å²) in [4.78, 5) is 0. The second kappa shape index (κ2) is 6.63. The van der Waals surface area contributed by atoms with Gasteiger partial charge < -0.3 is 0 Å². The monoisotopic (exact) mass is 276 g/mol. The Hall–Kier alpha value is -1.24. The number of hydrogen-bond donors (Lipinski definition) is 0. The molecule has 0 atom stereocenters. The molecular weight excluding hydrogens is 263 g/mol. The molecule has 18 heavy (non-hydrogen) atoms. The Bertz CT molecular complexity index is 513. The molecule has 0 unspecified atom stereocenters. The van der Waals surface area contributed by atoms with Gasteiger partial charge in [-0.1, -0.05) is 60.1 Å². The number of allylic oxidation sites excluding steroid dienone is 1. The number of rotatable bonds is 4. The zero-order valence-electron chi connectivity index (χ0n) is 9.94. The highest BCUT2D eigenvalue weighted by Gasteiger charge is 2.04. The summed E-state index contributed by atoms with van der Waals surface area (Å²) in [6, 6.07) is 18.2. The van der Waals surface area contributed by atoms with Gasteiger partial charge in [-0.3, -0.25) is 0 Å². The largest absolute Gasteiger partial charge is 0.126 e. The number of halogens is 2. The Labute approximate surface area is 118 Å². The van der Waals surface area contributed by atoms with E-state index in [0.717, 1.165) is 17.0 Å². The molecule has 0 radical (unpaired) electrons. The van der Waals surface area contributed by atoms with E-state index in [0.29, 0.717) is 5.88 Å². The quantitative estimate of drug-likeness (QED) is 0.656. The van der Waals surface area contributed by atoms with Crippen molar-refractivity contribution in [3.05, 3.63) is 76.8 Å². The summed E-state index contributed by atoms with van der Waals surface area (Å²) in [7, 11) is 0. The van der Waals surface area contributed by atoms with Gasteiger partial charge in [0.15, 0.2) is 0 Å². The van der Waals surface area contributed by atoms with Gasteiger partial charge in [0.25, 0.3) is 0 Å². The van der Waals surface area contributed by atoms with E-state index >= 15 is 0 Å². The highest BCUT2D eigenvalue weighted by Crippen LogP contribution is 2.25. The van der Waals surface area contributed by atoms with Gasteiger partial charge in [0, 0.05) is 10.9 Å². The van der Waals surface area contributed by atoms with E-state index in [1.807, 2.05) is 42.5 Å². The van der Waals surface area contributed by atoms with Gasteiger partial charge >= 0.3 is 0 Å². The van der Waals surface area contributed by atoms with Crippen molar-refractivity contribution in [1.82, 2.24) is 0 Å². The molecule has 92 valence electrons. The van der Waals surface area contributed by atoms with Gasteiger partial charge in [-0.05, 0) is 35.3 Å². The number of alkyl halides is 1. The minimum absolute atomic E-state index is 0.629. The maximum Gasteiger partial charge on any atom is 0.0406 e. The summed E-state index contributed by atoms with van der Waals surface area (Å²) in [5.74, 6) is 0.629. The lowest BCUT2D eigenvalue weighted by Crippen LogP contribution is -1.88. The predicted octanol–water partition coefficient (Wildman–Crippen LogP) is 5.40. The predicted molar refractivity (Wildman–Crippen MR) is 80.3 cm³/mol. The van der Waals surface area contributed by atoms with E-state index < -0.39 is 0 Å². The van der Waals surface area contributed by atoms with E-state index in [4.69, 9.17) is 23.2 Å². The lowest BCUT2D eigenvalue weighted by atomic mass is 9.97. The van der Waals surface area contributed by atoms with Crippen LogP contribution < -0.4 is 0 Å². The molecule has 0 aliphatic carbocycles. The zero-order chi connectivity index (χ0) is 12.8. The van der Waals surface area contributed by atoms with Crippen LogP contribution in [-0.4, -0.2) is 5.88 Å². The van der Waals surface area contributed by atoms with Crippen LogP contribution in [0.4, 0.5) is 0 Å². The molecule has 2 heteroatoms. The average Bonchev–Trinajstić information content (AvgIpc) is 2.42. The first-order chi connectivity index (χ1) is 8.81. The Kier molecular flexibility index (Phi) is 4.86. The Morgan fingerprint density at radius 1 is 0.889 bits per heavy atom. The van der Waals surface area contributed by atoms with Crippen molar-refractivity contribution in [2.24, 2.45) is 0 Å². The first kappa shape index (κ1) is 13.2. The summed E-state index contributed by atoms with van der Waals surface area (Å²) in [5, 5.41) is 0.753. The lowest BCUT2D eigenvalue weighted by molar-refractivity contribution is 1.23. The Morgan fingerprint density at radius 2 is 1.50 bits per heavy atom. The van der Waals surface area contributed by atoms with Crippen LogP contribution >= 0.6 is 23.2 Å². The molecule has 2 aromatic carbocycles. The molecule has 0 saturated heterocycles. The molecule has 0 aliphatic rings. The molecule has 2 aromatic rings. The van der Waals surface area contributed by atoms with Crippen LogP contribution in [0.5, 0.6) is 0 Å². The molecule has 0 N–H and O–H groups in total. The summed E-state index contributed by atoms with van der Waals surface area (Å²) >= 11 is 11.7. The van der Waals surface area contributed by atoms with Crippen molar-refractivity contribution < 1.29 is 0 Å². The van der Waals surface area contributed by atoms with E-state index in [-0.39, 0.29) is 0 Å². The van der Waals surface area contributed by atoms with Gasteiger partial charge in [0.1, 0.15) is 0 Å². The zero-order valence-corrected chi connectivity index (χ0v) is 11.5. The van der Waals surface area contributed by atoms with Crippen molar-refractivity contribution in [1.29, 1.82) is 0 Å². The van der Waals surface area contributed by atoms with Gasteiger partial charge in [0.2, 0.25) is 0 Å². The van der Waals surface area contributed by atoms with E-state index in [1.165, 1.54) is 11.1 Å². The van der Waals surface area contributed by atoms with Gasteiger partial charge in [-0.15, -0.1) is 11.6 Å². The van der Waals surface area contributed by atoms with Crippen molar-refractivity contribution in [3.63, 3.8) is 0 Å². The third-order valence-corrected chi connectivity index (χ3v) is 3.17. The van der Waals surface area contributed by atoms with Crippen molar-refractivity contribution in [2.75, 3.05) is 5.88 Å². The summed E-state index contributed by atoms with van der Waals surface area (Å²) in [6.07, 6.45) is 3.03. The maximum absolute atomic E-state index is 5.93. The van der Waals surface area contributed by atoms with E-state index in [9.17, 15) is 0 Å². The highest BCUT2D eigenvalue weighted by molar-refractivity contribution is 6.30. The topological polar surface area (TPSA) is 0 Å². The van der Waals surface area contributed by atoms with Crippen LogP contribution in [0.25, 0.3) is 5.57 Å². The molecule has 0 nitrogen and oxygen atoms in total. The molecule has 0 spiro atoms. The van der Waals surface area contributed by atoms with E-state index in [1.54, 1.807) is 0 Å². The standard InChI is InChI=1S/C16H14Cl2/c17-12-4-7-16(13-5-2-1-3-6-13)14-8-10-15(18)11-9-14/h1-3,5-11H,4,12H2/b16-7-. The third-order valence-electron chi connectivity index (χ3n) is 2.70. The maximum atomic E-state index is 5.93.